The monoisotopic (exact) mass is 206 g/mol. The molecule has 1 fully saturated rings. The minimum atomic E-state index is -4.75. The van der Waals surface area contributed by atoms with E-state index in [1.54, 1.807) is 0 Å². The van der Waals surface area contributed by atoms with E-state index in [2.05, 4.69) is 0 Å². The number of alkyl halides is 4. The van der Waals surface area contributed by atoms with Gasteiger partial charge in [0.15, 0.2) is 9.84 Å². The van der Waals surface area contributed by atoms with Crippen molar-refractivity contribution in [3.8, 4) is 0 Å². The lowest BCUT2D eigenvalue weighted by Crippen LogP contribution is -2.30. The van der Waals surface area contributed by atoms with Gasteiger partial charge in [-0.15, -0.1) is 0 Å². The Morgan fingerprint density at radius 2 is 1.67 bits per heavy atom. The second-order valence-electron chi connectivity index (χ2n) is 2.74. The summed E-state index contributed by atoms with van der Waals surface area (Å²) in [6, 6.07) is 0. The minimum absolute atomic E-state index is 1.00. The van der Waals surface area contributed by atoms with Gasteiger partial charge in [-0.3, -0.25) is 0 Å². The topological polar surface area (TPSA) is 34.1 Å². The summed E-state index contributed by atoms with van der Waals surface area (Å²) in [5.41, 5.74) is 0. The molecule has 0 aromatic rings. The van der Waals surface area contributed by atoms with Crippen molar-refractivity contribution in [2.75, 3.05) is 11.5 Å². The highest BCUT2D eigenvalue weighted by molar-refractivity contribution is 7.91. The molecule has 1 saturated heterocycles. The first kappa shape index (κ1) is 9.76. The third-order valence-electron chi connectivity index (χ3n) is 1.70. The van der Waals surface area contributed by atoms with Gasteiger partial charge < -0.3 is 0 Å². The van der Waals surface area contributed by atoms with Crippen molar-refractivity contribution in [3.63, 3.8) is 0 Å². The van der Waals surface area contributed by atoms with E-state index in [9.17, 15) is 26.0 Å². The molecule has 72 valence electrons. The van der Waals surface area contributed by atoms with Crippen LogP contribution in [0.2, 0.25) is 0 Å². The molecule has 0 aromatic carbocycles. The smallest absolute Gasteiger partial charge is 0.246 e. The van der Waals surface area contributed by atoms with E-state index < -0.39 is 39.6 Å². The van der Waals surface area contributed by atoms with E-state index in [4.69, 9.17) is 0 Å². The maximum Gasteiger partial charge on any atom is 0.395 e. The molecular formula is C5H6F4O2S. The van der Waals surface area contributed by atoms with E-state index in [1.165, 1.54) is 0 Å². The lowest BCUT2D eigenvalue weighted by molar-refractivity contribution is -0.179. The molecular weight excluding hydrogens is 200 g/mol. The van der Waals surface area contributed by atoms with E-state index >= 15 is 0 Å². The third-order valence-corrected chi connectivity index (χ3v) is 3.40. The Kier molecular flexibility index (Phi) is 2.10. The van der Waals surface area contributed by atoms with Crippen LogP contribution in [0.3, 0.4) is 0 Å². The molecule has 0 radical (unpaired) electrons. The van der Waals surface area contributed by atoms with Crippen LogP contribution in [0.4, 0.5) is 17.6 Å². The lowest BCUT2D eigenvalue weighted by Gasteiger charge is -2.14. The van der Waals surface area contributed by atoms with Crippen LogP contribution >= 0.6 is 0 Å². The summed E-state index contributed by atoms with van der Waals surface area (Å²) >= 11 is 0. The summed E-state index contributed by atoms with van der Waals surface area (Å²) in [7, 11) is -3.82. The van der Waals surface area contributed by atoms with Crippen molar-refractivity contribution in [2.24, 2.45) is 5.92 Å². The molecule has 1 heterocycles. The largest absolute Gasteiger partial charge is 0.395 e. The van der Waals surface area contributed by atoms with Crippen LogP contribution in [0.15, 0.2) is 0 Å². The van der Waals surface area contributed by atoms with Crippen molar-refractivity contribution in [1.82, 2.24) is 0 Å². The molecule has 0 spiro atoms. The van der Waals surface area contributed by atoms with Gasteiger partial charge in [-0.2, -0.15) is 13.2 Å². The summed E-state index contributed by atoms with van der Waals surface area (Å²) in [6.45, 7) is 0. The fourth-order valence-electron chi connectivity index (χ4n) is 1.10. The van der Waals surface area contributed by atoms with E-state index in [0.717, 1.165) is 0 Å². The molecule has 0 saturated carbocycles. The Bertz CT molecular complexity index is 268. The summed E-state index contributed by atoms with van der Waals surface area (Å²) in [4.78, 5) is 0. The van der Waals surface area contributed by atoms with Crippen LogP contribution < -0.4 is 0 Å². The van der Waals surface area contributed by atoms with Gasteiger partial charge in [-0.25, -0.2) is 12.8 Å². The Hall–Kier alpha value is -0.330. The molecule has 2 nitrogen and oxygen atoms in total. The van der Waals surface area contributed by atoms with Gasteiger partial charge in [0.05, 0.1) is 11.5 Å². The number of hydrogen-bond acceptors (Lipinski definition) is 2. The van der Waals surface area contributed by atoms with E-state index in [0.29, 0.717) is 0 Å². The second kappa shape index (κ2) is 2.58. The van der Waals surface area contributed by atoms with Crippen molar-refractivity contribution in [2.45, 2.75) is 12.3 Å². The molecule has 1 aliphatic rings. The number of hydrogen-bond donors (Lipinski definition) is 0. The highest BCUT2D eigenvalue weighted by Crippen LogP contribution is 2.36. The predicted molar refractivity (Wildman–Crippen MR) is 33.1 cm³/mol. The molecule has 0 amide bonds. The zero-order chi connectivity index (χ0) is 9.57. The van der Waals surface area contributed by atoms with E-state index in [1.807, 2.05) is 0 Å². The minimum Gasteiger partial charge on any atom is -0.246 e. The predicted octanol–water partition coefficient (Wildman–Crippen LogP) is 0.931. The number of halogens is 4. The zero-order valence-electron chi connectivity index (χ0n) is 5.81. The molecule has 0 bridgehead atoms. The summed E-state index contributed by atoms with van der Waals surface area (Å²) in [5, 5.41) is 0. The molecule has 1 aliphatic heterocycles. The van der Waals surface area contributed by atoms with Gasteiger partial charge in [0, 0.05) is 0 Å². The van der Waals surface area contributed by atoms with E-state index in [-0.39, 0.29) is 0 Å². The molecule has 0 aliphatic carbocycles. The summed E-state index contributed by atoms with van der Waals surface area (Å²) in [5.74, 6) is -4.45. The van der Waals surface area contributed by atoms with Crippen LogP contribution in [0.25, 0.3) is 0 Å². The van der Waals surface area contributed by atoms with Gasteiger partial charge in [0.1, 0.15) is 12.1 Å². The first-order chi connectivity index (χ1) is 5.22. The fourth-order valence-corrected chi connectivity index (χ4v) is 2.90. The first-order valence-electron chi connectivity index (χ1n) is 3.13. The highest BCUT2D eigenvalue weighted by atomic mass is 32.2. The SMILES string of the molecule is O=S1(=O)CC(F)C(C(F)(F)F)C1. The van der Waals surface area contributed by atoms with Crippen molar-refractivity contribution in [3.05, 3.63) is 0 Å². The Morgan fingerprint density at radius 3 is 1.83 bits per heavy atom. The Morgan fingerprint density at radius 1 is 1.17 bits per heavy atom. The van der Waals surface area contributed by atoms with Gasteiger partial charge in [-0.05, 0) is 0 Å². The van der Waals surface area contributed by atoms with Gasteiger partial charge in [0.2, 0.25) is 0 Å². The van der Waals surface area contributed by atoms with Crippen molar-refractivity contribution >= 4 is 9.84 Å². The summed E-state index contributed by atoms with van der Waals surface area (Å²) < 4.78 is 69.1. The van der Waals surface area contributed by atoms with Crippen LogP contribution in [-0.4, -0.2) is 32.3 Å². The lowest BCUT2D eigenvalue weighted by atomic mass is 10.1. The third kappa shape index (κ3) is 1.88. The molecule has 0 aromatic heterocycles. The molecule has 0 N–H and O–H groups in total. The van der Waals surface area contributed by atoms with Crippen LogP contribution in [0, 0.1) is 5.92 Å². The van der Waals surface area contributed by atoms with Crippen LogP contribution in [0.5, 0.6) is 0 Å². The number of sulfone groups is 1. The van der Waals surface area contributed by atoms with Gasteiger partial charge in [0.25, 0.3) is 0 Å². The van der Waals surface area contributed by atoms with Crippen LogP contribution in [-0.2, 0) is 9.84 Å². The number of rotatable bonds is 0. The van der Waals surface area contributed by atoms with Crippen molar-refractivity contribution in [1.29, 1.82) is 0 Å². The second-order valence-corrected chi connectivity index (χ2v) is 4.89. The molecule has 12 heavy (non-hydrogen) atoms. The average Bonchev–Trinajstić information content (AvgIpc) is 2.03. The quantitative estimate of drug-likeness (QED) is 0.552. The fraction of sp³-hybridized carbons (Fsp3) is 1.00. The van der Waals surface area contributed by atoms with Crippen molar-refractivity contribution < 1.29 is 26.0 Å². The van der Waals surface area contributed by atoms with Gasteiger partial charge >= 0.3 is 6.18 Å². The normalized spacial score (nSPS) is 35.3. The molecule has 2 atom stereocenters. The first-order valence-corrected chi connectivity index (χ1v) is 4.96. The average molecular weight is 206 g/mol. The summed E-state index contributed by atoms with van der Waals surface area (Å²) in [6.07, 6.45) is -7.04. The Labute approximate surface area is 66.5 Å². The maximum atomic E-state index is 12.5. The van der Waals surface area contributed by atoms with Crippen LogP contribution in [0.1, 0.15) is 0 Å². The molecule has 1 rings (SSSR count). The molecule has 7 heteroatoms. The standard InChI is InChI=1S/C5H6F4O2S/c6-4-2-12(10,11)1-3(4)5(7,8)9/h3-4H,1-2H2. The molecule has 2 unspecified atom stereocenters. The Balaban J connectivity index is 2.85. The highest BCUT2D eigenvalue weighted by Gasteiger charge is 2.53. The van der Waals surface area contributed by atoms with Gasteiger partial charge in [-0.1, -0.05) is 0 Å². The zero-order valence-corrected chi connectivity index (χ0v) is 6.62. The maximum absolute atomic E-state index is 12.5.